The van der Waals surface area contributed by atoms with E-state index >= 15 is 0 Å². The zero-order valence-corrected chi connectivity index (χ0v) is 12.5. The minimum absolute atomic E-state index is 0.130. The molecule has 4 heteroatoms. The van der Waals surface area contributed by atoms with Crippen LogP contribution in [0.25, 0.3) is 0 Å². The van der Waals surface area contributed by atoms with E-state index in [1.54, 1.807) is 7.05 Å². The van der Waals surface area contributed by atoms with Crippen LogP contribution in [0.1, 0.15) is 44.2 Å². The van der Waals surface area contributed by atoms with Gasteiger partial charge >= 0.3 is 0 Å². The van der Waals surface area contributed by atoms with E-state index < -0.39 is 0 Å². The molecule has 1 aromatic carbocycles. The van der Waals surface area contributed by atoms with Gasteiger partial charge in [-0.3, -0.25) is 4.99 Å². The summed E-state index contributed by atoms with van der Waals surface area (Å²) in [6.45, 7) is 3.07. The Hall–Kier alpha value is -1.55. The van der Waals surface area contributed by atoms with Crippen molar-refractivity contribution < 1.29 is 0 Å². The molecule has 2 rings (SSSR count). The highest BCUT2D eigenvalue weighted by molar-refractivity contribution is 5.77. The fourth-order valence-corrected chi connectivity index (χ4v) is 3.05. The predicted octanol–water partition coefficient (Wildman–Crippen LogP) is 2.18. The van der Waals surface area contributed by atoms with E-state index in [4.69, 9.17) is 5.73 Å². The fraction of sp³-hybridized carbons (Fsp3) is 0.562. The Bertz CT molecular complexity index is 435. The largest absolute Gasteiger partial charge is 0.370 e. The van der Waals surface area contributed by atoms with Crippen LogP contribution in [0.4, 0.5) is 0 Å². The van der Waals surface area contributed by atoms with Crippen LogP contribution in [0.5, 0.6) is 0 Å². The van der Waals surface area contributed by atoms with Gasteiger partial charge in [0.1, 0.15) is 0 Å². The molecular weight excluding hydrogens is 248 g/mol. The standard InChI is InChI=1S/C16H26N4/c1-13(14-8-4-3-5-9-14)20-16(10-6-7-11-16)12-19-15(17)18-2/h3-5,8-9,13,20H,6-7,10-12H2,1-2H3,(H3,17,18,19). The van der Waals surface area contributed by atoms with Crippen molar-refractivity contribution in [1.82, 2.24) is 10.6 Å². The van der Waals surface area contributed by atoms with Crippen LogP contribution in [0, 0.1) is 0 Å². The molecule has 20 heavy (non-hydrogen) atoms. The van der Waals surface area contributed by atoms with E-state index in [0.29, 0.717) is 12.0 Å². The van der Waals surface area contributed by atoms with Gasteiger partial charge in [0.15, 0.2) is 5.96 Å². The molecule has 4 N–H and O–H groups in total. The molecule has 1 aliphatic carbocycles. The molecule has 1 atom stereocenters. The van der Waals surface area contributed by atoms with Gasteiger partial charge in [0.2, 0.25) is 0 Å². The minimum atomic E-state index is 0.130. The highest BCUT2D eigenvalue weighted by atomic mass is 15.1. The highest BCUT2D eigenvalue weighted by Gasteiger charge is 2.34. The number of nitrogens with two attached hydrogens (primary N) is 1. The topological polar surface area (TPSA) is 62.4 Å². The van der Waals surface area contributed by atoms with E-state index in [9.17, 15) is 0 Å². The molecule has 0 radical (unpaired) electrons. The van der Waals surface area contributed by atoms with Crippen molar-refractivity contribution >= 4 is 5.96 Å². The first-order chi connectivity index (χ1) is 9.65. The van der Waals surface area contributed by atoms with Crippen LogP contribution >= 0.6 is 0 Å². The van der Waals surface area contributed by atoms with Crippen molar-refractivity contribution in [3.8, 4) is 0 Å². The molecule has 0 aromatic heterocycles. The zero-order chi connectivity index (χ0) is 14.4. The number of hydrogen-bond acceptors (Lipinski definition) is 2. The highest BCUT2D eigenvalue weighted by Crippen LogP contribution is 2.31. The first kappa shape index (κ1) is 14.9. The lowest BCUT2D eigenvalue weighted by atomic mass is 9.94. The molecule has 4 nitrogen and oxygen atoms in total. The van der Waals surface area contributed by atoms with Crippen LogP contribution < -0.4 is 16.4 Å². The second kappa shape index (κ2) is 6.75. The molecule has 0 heterocycles. The van der Waals surface area contributed by atoms with E-state index in [1.807, 2.05) is 0 Å². The Labute approximate surface area is 121 Å². The van der Waals surface area contributed by atoms with Gasteiger partial charge < -0.3 is 16.4 Å². The summed E-state index contributed by atoms with van der Waals surface area (Å²) >= 11 is 0. The molecule has 0 bridgehead atoms. The first-order valence-electron chi connectivity index (χ1n) is 7.44. The van der Waals surface area contributed by atoms with Crippen molar-refractivity contribution in [2.45, 2.75) is 44.2 Å². The molecule has 1 saturated carbocycles. The number of benzene rings is 1. The molecule has 0 saturated heterocycles. The van der Waals surface area contributed by atoms with Crippen molar-refractivity contribution in [2.24, 2.45) is 10.7 Å². The summed E-state index contributed by atoms with van der Waals surface area (Å²) in [4.78, 5) is 3.97. The van der Waals surface area contributed by atoms with Gasteiger partial charge in [0.05, 0.1) is 0 Å². The van der Waals surface area contributed by atoms with Gasteiger partial charge in [0, 0.05) is 25.2 Å². The number of rotatable bonds is 5. The van der Waals surface area contributed by atoms with Crippen molar-refractivity contribution in [1.29, 1.82) is 0 Å². The van der Waals surface area contributed by atoms with Crippen LogP contribution in [0.15, 0.2) is 35.3 Å². The summed E-state index contributed by atoms with van der Waals surface area (Å²) in [6.07, 6.45) is 4.93. The van der Waals surface area contributed by atoms with Gasteiger partial charge in [-0.15, -0.1) is 0 Å². The Balaban J connectivity index is 2.01. The molecule has 0 spiro atoms. The lowest BCUT2D eigenvalue weighted by Crippen LogP contribution is -2.53. The van der Waals surface area contributed by atoms with E-state index in [1.165, 1.54) is 31.2 Å². The van der Waals surface area contributed by atoms with Crippen LogP contribution in [-0.4, -0.2) is 25.1 Å². The summed E-state index contributed by atoms with van der Waals surface area (Å²) in [7, 11) is 1.71. The Kier molecular flexibility index (Phi) is 5.01. The maximum absolute atomic E-state index is 5.76. The summed E-state index contributed by atoms with van der Waals surface area (Å²) in [5, 5.41) is 7.05. The summed E-state index contributed by atoms with van der Waals surface area (Å²) in [5.41, 5.74) is 7.22. The van der Waals surface area contributed by atoms with Gasteiger partial charge in [-0.2, -0.15) is 0 Å². The van der Waals surface area contributed by atoms with E-state index in [-0.39, 0.29) is 5.54 Å². The van der Waals surface area contributed by atoms with Crippen molar-refractivity contribution in [2.75, 3.05) is 13.6 Å². The maximum Gasteiger partial charge on any atom is 0.188 e. The Morgan fingerprint density at radius 3 is 2.55 bits per heavy atom. The van der Waals surface area contributed by atoms with Crippen LogP contribution in [0.3, 0.4) is 0 Å². The number of aliphatic imine (C=N–C) groups is 1. The quantitative estimate of drug-likeness (QED) is 0.570. The SMILES string of the molecule is CN=C(N)NCC1(NC(C)c2ccccc2)CCCC1. The maximum atomic E-state index is 5.76. The molecule has 1 fully saturated rings. The van der Waals surface area contributed by atoms with Gasteiger partial charge in [-0.1, -0.05) is 43.2 Å². The monoisotopic (exact) mass is 274 g/mol. The lowest BCUT2D eigenvalue weighted by molar-refractivity contribution is 0.297. The molecular formula is C16H26N4. The van der Waals surface area contributed by atoms with Gasteiger partial charge in [-0.05, 0) is 25.3 Å². The summed E-state index contributed by atoms with van der Waals surface area (Å²) in [6, 6.07) is 10.9. The number of nitrogens with one attached hydrogen (secondary N) is 2. The van der Waals surface area contributed by atoms with E-state index in [2.05, 4.69) is 52.9 Å². The predicted molar refractivity (Wildman–Crippen MR) is 84.7 cm³/mol. The normalized spacial score (nSPS) is 19.8. The van der Waals surface area contributed by atoms with E-state index in [0.717, 1.165) is 6.54 Å². The third-order valence-electron chi connectivity index (χ3n) is 4.23. The summed E-state index contributed by atoms with van der Waals surface area (Å²) in [5.74, 6) is 0.519. The van der Waals surface area contributed by atoms with Crippen molar-refractivity contribution in [3.63, 3.8) is 0 Å². The smallest absolute Gasteiger partial charge is 0.188 e. The molecule has 1 aliphatic rings. The second-order valence-electron chi connectivity index (χ2n) is 5.73. The molecule has 0 amide bonds. The van der Waals surface area contributed by atoms with Crippen LogP contribution in [-0.2, 0) is 0 Å². The number of nitrogens with zero attached hydrogens (tertiary/aromatic N) is 1. The second-order valence-corrected chi connectivity index (χ2v) is 5.73. The average molecular weight is 274 g/mol. The fourth-order valence-electron chi connectivity index (χ4n) is 3.05. The minimum Gasteiger partial charge on any atom is -0.370 e. The summed E-state index contributed by atoms with van der Waals surface area (Å²) < 4.78 is 0. The third kappa shape index (κ3) is 3.73. The zero-order valence-electron chi connectivity index (χ0n) is 12.5. The first-order valence-corrected chi connectivity index (χ1v) is 7.44. The van der Waals surface area contributed by atoms with Crippen molar-refractivity contribution in [3.05, 3.63) is 35.9 Å². The van der Waals surface area contributed by atoms with Crippen LogP contribution in [0.2, 0.25) is 0 Å². The van der Waals surface area contributed by atoms with Gasteiger partial charge in [-0.25, -0.2) is 0 Å². The Morgan fingerprint density at radius 1 is 1.30 bits per heavy atom. The number of hydrogen-bond donors (Lipinski definition) is 3. The molecule has 110 valence electrons. The number of guanidine groups is 1. The Morgan fingerprint density at radius 2 is 1.95 bits per heavy atom. The third-order valence-corrected chi connectivity index (χ3v) is 4.23. The molecule has 1 aromatic rings. The molecule has 0 aliphatic heterocycles. The lowest BCUT2D eigenvalue weighted by Gasteiger charge is -2.34. The molecule has 1 unspecified atom stereocenters. The van der Waals surface area contributed by atoms with Gasteiger partial charge in [0.25, 0.3) is 0 Å². The average Bonchev–Trinajstić information content (AvgIpc) is 2.94.